The molecule has 1 aliphatic rings. The molecule has 0 fully saturated rings. The molecule has 3 rings (SSSR count). The van der Waals surface area contributed by atoms with Gasteiger partial charge in [0.25, 0.3) is 0 Å². The average molecular weight is 324 g/mol. The van der Waals surface area contributed by atoms with Crippen molar-refractivity contribution in [1.82, 2.24) is 0 Å². The number of hydrogen-bond acceptors (Lipinski definition) is 3. The van der Waals surface area contributed by atoms with E-state index in [4.69, 9.17) is 14.2 Å². The highest BCUT2D eigenvalue weighted by Crippen LogP contribution is 2.65. The fourth-order valence-corrected chi connectivity index (χ4v) is 3.88. The fourth-order valence-electron chi connectivity index (χ4n) is 3.88. The van der Waals surface area contributed by atoms with Crippen molar-refractivity contribution in [1.29, 1.82) is 0 Å². The van der Waals surface area contributed by atoms with Gasteiger partial charge in [-0.1, -0.05) is 42.8 Å². The van der Waals surface area contributed by atoms with Gasteiger partial charge in [0.2, 0.25) is 0 Å². The van der Waals surface area contributed by atoms with Crippen LogP contribution in [0.25, 0.3) is 5.57 Å². The molecule has 2 aromatic rings. The van der Waals surface area contributed by atoms with Crippen molar-refractivity contribution in [3.63, 3.8) is 0 Å². The lowest BCUT2D eigenvalue weighted by atomic mass is 9.82. The summed E-state index contributed by atoms with van der Waals surface area (Å²) in [6.07, 6.45) is 0.960. The van der Waals surface area contributed by atoms with Gasteiger partial charge in [0.05, 0.1) is 26.9 Å². The van der Waals surface area contributed by atoms with E-state index in [-0.39, 0.29) is 5.41 Å². The van der Waals surface area contributed by atoms with Gasteiger partial charge in [-0.2, -0.15) is 0 Å². The summed E-state index contributed by atoms with van der Waals surface area (Å²) in [5, 5.41) is 0. The van der Waals surface area contributed by atoms with Crippen molar-refractivity contribution in [3.8, 4) is 17.2 Å². The minimum absolute atomic E-state index is 0.135. The summed E-state index contributed by atoms with van der Waals surface area (Å²) in [5.41, 5.74) is 4.96. The van der Waals surface area contributed by atoms with Gasteiger partial charge < -0.3 is 14.2 Å². The molecular weight excluding hydrogens is 300 g/mol. The van der Waals surface area contributed by atoms with Crippen LogP contribution in [-0.2, 0) is 5.41 Å². The zero-order valence-electron chi connectivity index (χ0n) is 15.0. The van der Waals surface area contributed by atoms with Crippen molar-refractivity contribution in [2.45, 2.75) is 25.7 Å². The minimum atomic E-state index is -0.135. The van der Waals surface area contributed by atoms with E-state index in [1.807, 2.05) is 18.2 Å². The van der Waals surface area contributed by atoms with Gasteiger partial charge in [0.1, 0.15) is 17.2 Å². The Balaban J connectivity index is 2.17. The van der Waals surface area contributed by atoms with Gasteiger partial charge in [-0.25, -0.2) is 0 Å². The standard InChI is InChI=1S/C21H24O3/c1-6-21(14(2)19(21)15-10-8-7-9-11-15)20-17(23-4)12-16(22-3)13-18(20)24-5/h7-13H,6H2,1-5H3. The normalized spacial score (nSPS) is 19.2. The zero-order chi connectivity index (χ0) is 17.3. The Morgan fingerprint density at radius 1 is 0.875 bits per heavy atom. The van der Waals surface area contributed by atoms with Crippen molar-refractivity contribution in [2.75, 3.05) is 21.3 Å². The van der Waals surface area contributed by atoms with Crippen molar-refractivity contribution < 1.29 is 14.2 Å². The topological polar surface area (TPSA) is 27.7 Å². The van der Waals surface area contributed by atoms with Gasteiger partial charge >= 0.3 is 0 Å². The average Bonchev–Trinajstić information content (AvgIpc) is 3.25. The lowest BCUT2D eigenvalue weighted by molar-refractivity contribution is 0.363. The van der Waals surface area contributed by atoms with Crippen LogP contribution in [0.2, 0.25) is 0 Å². The Hall–Kier alpha value is -2.42. The van der Waals surface area contributed by atoms with Crippen molar-refractivity contribution >= 4 is 5.57 Å². The molecule has 0 saturated carbocycles. The molecule has 0 spiro atoms. The second kappa shape index (κ2) is 6.23. The SMILES string of the molecule is CCC1(c2c(OC)cc(OC)cc2OC)C(C)=C1c1ccccc1. The lowest BCUT2D eigenvalue weighted by Crippen LogP contribution is -2.15. The minimum Gasteiger partial charge on any atom is -0.496 e. The van der Waals surface area contributed by atoms with Gasteiger partial charge in [-0.3, -0.25) is 0 Å². The third-order valence-electron chi connectivity index (χ3n) is 5.11. The van der Waals surface area contributed by atoms with Gasteiger partial charge in [0.15, 0.2) is 0 Å². The summed E-state index contributed by atoms with van der Waals surface area (Å²) in [5.74, 6) is 2.34. The molecule has 0 amide bonds. The van der Waals surface area contributed by atoms with E-state index in [1.165, 1.54) is 16.7 Å². The summed E-state index contributed by atoms with van der Waals surface area (Å²) < 4.78 is 16.8. The van der Waals surface area contributed by atoms with E-state index in [0.717, 1.165) is 29.2 Å². The molecule has 3 heteroatoms. The zero-order valence-corrected chi connectivity index (χ0v) is 15.0. The Bertz CT molecular complexity index is 752. The monoisotopic (exact) mass is 324 g/mol. The van der Waals surface area contributed by atoms with Crippen LogP contribution in [0.4, 0.5) is 0 Å². The largest absolute Gasteiger partial charge is 0.496 e. The molecule has 0 aromatic heterocycles. The summed E-state index contributed by atoms with van der Waals surface area (Å²) >= 11 is 0. The maximum absolute atomic E-state index is 5.70. The Labute approximate surface area is 143 Å². The summed E-state index contributed by atoms with van der Waals surface area (Å²) in [4.78, 5) is 0. The molecule has 0 aliphatic heterocycles. The lowest BCUT2D eigenvalue weighted by Gasteiger charge is -2.25. The molecule has 0 N–H and O–H groups in total. The van der Waals surface area contributed by atoms with Crippen LogP contribution in [0.3, 0.4) is 0 Å². The van der Waals surface area contributed by atoms with Gasteiger partial charge in [-0.05, 0) is 24.5 Å². The Morgan fingerprint density at radius 3 is 1.92 bits per heavy atom. The van der Waals surface area contributed by atoms with Gasteiger partial charge in [0, 0.05) is 17.5 Å². The maximum atomic E-state index is 5.70. The molecule has 0 saturated heterocycles. The third-order valence-corrected chi connectivity index (χ3v) is 5.11. The highest BCUT2D eigenvalue weighted by molar-refractivity contribution is 5.97. The summed E-state index contributed by atoms with van der Waals surface area (Å²) in [6, 6.07) is 14.4. The second-order valence-electron chi connectivity index (χ2n) is 6.03. The first-order valence-electron chi connectivity index (χ1n) is 8.21. The Kier molecular flexibility index (Phi) is 4.27. The molecule has 1 unspecified atom stereocenters. The van der Waals surface area contributed by atoms with E-state index >= 15 is 0 Å². The Morgan fingerprint density at radius 2 is 1.46 bits per heavy atom. The fraction of sp³-hybridized carbons (Fsp3) is 0.333. The van der Waals surface area contributed by atoms with Gasteiger partial charge in [-0.15, -0.1) is 0 Å². The first-order valence-corrected chi connectivity index (χ1v) is 8.21. The number of hydrogen-bond donors (Lipinski definition) is 0. The summed E-state index contributed by atoms with van der Waals surface area (Å²) in [6.45, 7) is 4.41. The number of ether oxygens (including phenoxy) is 3. The predicted molar refractivity (Wildman–Crippen MR) is 97.1 cm³/mol. The van der Waals surface area contributed by atoms with Crippen LogP contribution in [0.5, 0.6) is 17.2 Å². The van der Waals surface area contributed by atoms with Crippen LogP contribution >= 0.6 is 0 Å². The van der Waals surface area contributed by atoms with E-state index < -0.39 is 0 Å². The molecule has 24 heavy (non-hydrogen) atoms. The highest BCUT2D eigenvalue weighted by atomic mass is 16.5. The van der Waals surface area contributed by atoms with E-state index in [9.17, 15) is 0 Å². The molecular formula is C21H24O3. The molecule has 1 aliphatic carbocycles. The third kappa shape index (κ3) is 2.27. The molecule has 0 heterocycles. The van der Waals surface area contributed by atoms with E-state index in [2.05, 4.69) is 38.1 Å². The molecule has 0 radical (unpaired) electrons. The molecule has 1 atom stereocenters. The first kappa shape index (κ1) is 16.4. The number of benzene rings is 2. The number of allylic oxidation sites excluding steroid dienone is 2. The van der Waals surface area contributed by atoms with Crippen LogP contribution in [0.1, 0.15) is 31.4 Å². The predicted octanol–water partition coefficient (Wildman–Crippen LogP) is 4.85. The highest BCUT2D eigenvalue weighted by Gasteiger charge is 2.54. The van der Waals surface area contributed by atoms with Crippen molar-refractivity contribution in [2.24, 2.45) is 0 Å². The molecule has 3 nitrogen and oxygen atoms in total. The van der Waals surface area contributed by atoms with Crippen LogP contribution < -0.4 is 14.2 Å². The number of rotatable bonds is 6. The smallest absolute Gasteiger partial charge is 0.130 e. The van der Waals surface area contributed by atoms with Crippen LogP contribution in [-0.4, -0.2) is 21.3 Å². The maximum Gasteiger partial charge on any atom is 0.130 e. The van der Waals surface area contributed by atoms with E-state index in [1.54, 1.807) is 21.3 Å². The van der Waals surface area contributed by atoms with Crippen LogP contribution in [0, 0.1) is 0 Å². The molecule has 126 valence electrons. The second-order valence-corrected chi connectivity index (χ2v) is 6.03. The first-order chi connectivity index (χ1) is 11.6. The van der Waals surface area contributed by atoms with E-state index in [0.29, 0.717) is 0 Å². The summed E-state index contributed by atoms with van der Waals surface area (Å²) in [7, 11) is 5.04. The molecule has 2 aromatic carbocycles. The molecule has 0 bridgehead atoms. The van der Waals surface area contributed by atoms with Crippen molar-refractivity contribution in [3.05, 3.63) is 59.2 Å². The van der Waals surface area contributed by atoms with Crippen LogP contribution in [0.15, 0.2) is 48.0 Å². The number of methoxy groups -OCH3 is 3. The quantitative estimate of drug-likeness (QED) is 0.760.